The predicted molar refractivity (Wildman–Crippen MR) is 103 cm³/mol. The van der Waals surface area contributed by atoms with E-state index in [2.05, 4.69) is 5.32 Å². The second-order valence-corrected chi connectivity index (χ2v) is 9.21. The maximum absolute atomic E-state index is 13.2. The summed E-state index contributed by atoms with van der Waals surface area (Å²) in [4.78, 5) is 13.5. The van der Waals surface area contributed by atoms with Crippen molar-refractivity contribution in [3.05, 3.63) is 65.7 Å². The van der Waals surface area contributed by atoms with E-state index < -0.39 is 15.3 Å². The highest BCUT2D eigenvalue weighted by atomic mass is 32.2. The molecule has 0 radical (unpaired) electrons. The fraction of sp³-hybridized carbons (Fsp3) is 0.381. The highest BCUT2D eigenvalue weighted by Crippen LogP contribution is 2.41. The lowest BCUT2D eigenvalue weighted by Gasteiger charge is -2.30. The first-order valence-electron chi connectivity index (χ1n) is 8.99. The number of benzene rings is 2. The first-order valence-corrected chi connectivity index (χ1v) is 10.9. The van der Waals surface area contributed by atoms with Crippen LogP contribution in [0.2, 0.25) is 0 Å². The first kappa shape index (κ1) is 18.6. The van der Waals surface area contributed by atoms with Crippen molar-refractivity contribution < 1.29 is 13.2 Å². The summed E-state index contributed by atoms with van der Waals surface area (Å²) >= 11 is 0. The van der Waals surface area contributed by atoms with Crippen molar-refractivity contribution in [1.29, 1.82) is 0 Å². The van der Waals surface area contributed by atoms with E-state index in [0.717, 1.165) is 36.8 Å². The number of hydrogen-bond acceptors (Lipinski definition) is 3. The molecule has 138 valence electrons. The number of carbonyl (C=O) groups is 1. The van der Waals surface area contributed by atoms with E-state index in [1.165, 1.54) is 6.26 Å². The van der Waals surface area contributed by atoms with Crippen LogP contribution < -0.4 is 5.32 Å². The third-order valence-corrected chi connectivity index (χ3v) is 6.50. The predicted octanol–water partition coefficient (Wildman–Crippen LogP) is 3.78. The van der Waals surface area contributed by atoms with Crippen molar-refractivity contribution in [2.75, 3.05) is 6.26 Å². The molecule has 1 N–H and O–H groups in total. The van der Waals surface area contributed by atoms with E-state index in [1.54, 1.807) is 24.3 Å². The summed E-state index contributed by atoms with van der Waals surface area (Å²) < 4.78 is 23.2. The molecule has 1 aliphatic rings. The molecule has 26 heavy (non-hydrogen) atoms. The number of sulfone groups is 1. The van der Waals surface area contributed by atoms with Crippen LogP contribution >= 0.6 is 0 Å². The van der Waals surface area contributed by atoms with Crippen LogP contribution in [0.15, 0.2) is 59.5 Å². The Morgan fingerprint density at radius 2 is 1.58 bits per heavy atom. The summed E-state index contributed by atoms with van der Waals surface area (Å²) in [6.45, 7) is 1.93. The zero-order valence-corrected chi connectivity index (χ0v) is 16.1. The standard InChI is InChI=1S/C21H25NO3S/c1-16(17-10-12-19(13-11-17)26(2,24)25)22-20(23)21(14-6-7-15-21)18-8-4-3-5-9-18/h3-5,8-13,16H,6-7,14-15H2,1-2H3,(H,22,23). The summed E-state index contributed by atoms with van der Waals surface area (Å²) in [5, 5.41) is 3.15. The van der Waals surface area contributed by atoms with Gasteiger partial charge < -0.3 is 5.32 Å². The molecule has 1 aliphatic carbocycles. The van der Waals surface area contributed by atoms with Crippen molar-refractivity contribution in [3.63, 3.8) is 0 Å². The monoisotopic (exact) mass is 371 g/mol. The van der Waals surface area contributed by atoms with Gasteiger partial charge in [-0.15, -0.1) is 0 Å². The Kier molecular flexibility index (Phi) is 5.19. The van der Waals surface area contributed by atoms with Gasteiger partial charge in [-0.05, 0) is 43.0 Å². The molecule has 0 aromatic heterocycles. The van der Waals surface area contributed by atoms with Crippen molar-refractivity contribution in [1.82, 2.24) is 5.32 Å². The molecular weight excluding hydrogens is 346 g/mol. The third kappa shape index (κ3) is 3.68. The maximum atomic E-state index is 13.2. The lowest BCUT2D eigenvalue weighted by Crippen LogP contribution is -2.43. The molecule has 1 saturated carbocycles. The van der Waals surface area contributed by atoms with Crippen LogP contribution in [0.25, 0.3) is 0 Å². The van der Waals surface area contributed by atoms with Crippen LogP contribution in [0.5, 0.6) is 0 Å². The average Bonchev–Trinajstić information content (AvgIpc) is 3.13. The van der Waals surface area contributed by atoms with E-state index in [0.29, 0.717) is 0 Å². The van der Waals surface area contributed by atoms with Gasteiger partial charge in [0.1, 0.15) is 0 Å². The Hall–Kier alpha value is -2.14. The Labute approximate surface area is 155 Å². The number of carbonyl (C=O) groups excluding carboxylic acids is 1. The van der Waals surface area contributed by atoms with Crippen LogP contribution in [0.4, 0.5) is 0 Å². The van der Waals surface area contributed by atoms with Crippen LogP contribution in [-0.4, -0.2) is 20.6 Å². The molecule has 0 spiro atoms. The lowest BCUT2D eigenvalue weighted by atomic mass is 9.77. The van der Waals surface area contributed by atoms with Crippen molar-refractivity contribution in [2.45, 2.75) is 49.0 Å². The zero-order valence-electron chi connectivity index (χ0n) is 15.2. The van der Waals surface area contributed by atoms with E-state index >= 15 is 0 Å². The first-order chi connectivity index (χ1) is 12.3. The Morgan fingerprint density at radius 3 is 2.12 bits per heavy atom. The van der Waals surface area contributed by atoms with Crippen molar-refractivity contribution in [2.24, 2.45) is 0 Å². The Bertz CT molecular complexity index is 867. The van der Waals surface area contributed by atoms with E-state index in [1.807, 2.05) is 37.3 Å². The van der Waals surface area contributed by atoms with Gasteiger partial charge in [-0.3, -0.25) is 4.79 Å². The highest BCUT2D eigenvalue weighted by Gasteiger charge is 2.42. The van der Waals surface area contributed by atoms with Crippen LogP contribution in [0, 0.1) is 0 Å². The third-order valence-electron chi connectivity index (χ3n) is 5.37. The SMILES string of the molecule is CC(NC(=O)C1(c2ccccc2)CCCC1)c1ccc(S(C)(=O)=O)cc1. The smallest absolute Gasteiger partial charge is 0.231 e. The molecule has 1 amide bonds. The van der Waals surface area contributed by atoms with E-state index in [9.17, 15) is 13.2 Å². The van der Waals surface area contributed by atoms with Crippen molar-refractivity contribution >= 4 is 15.7 Å². The van der Waals surface area contributed by atoms with Gasteiger partial charge in [0.2, 0.25) is 5.91 Å². The second kappa shape index (κ2) is 7.23. The Morgan fingerprint density at radius 1 is 1.00 bits per heavy atom. The van der Waals surface area contributed by atoms with Gasteiger partial charge >= 0.3 is 0 Å². The summed E-state index contributed by atoms with van der Waals surface area (Å²) in [5.41, 5.74) is 1.52. The van der Waals surface area contributed by atoms with Crippen LogP contribution in [-0.2, 0) is 20.0 Å². The van der Waals surface area contributed by atoms with Crippen LogP contribution in [0.3, 0.4) is 0 Å². The quantitative estimate of drug-likeness (QED) is 0.870. The van der Waals surface area contributed by atoms with Gasteiger partial charge in [0.25, 0.3) is 0 Å². The number of rotatable bonds is 5. The molecule has 1 atom stereocenters. The highest BCUT2D eigenvalue weighted by molar-refractivity contribution is 7.90. The normalized spacial score (nSPS) is 17.6. The molecule has 1 fully saturated rings. The lowest BCUT2D eigenvalue weighted by molar-refractivity contribution is -0.127. The van der Waals surface area contributed by atoms with Gasteiger partial charge in [-0.2, -0.15) is 0 Å². The summed E-state index contributed by atoms with van der Waals surface area (Å²) in [6.07, 6.45) is 5.03. The molecule has 0 aliphatic heterocycles. The van der Waals surface area contributed by atoms with E-state index in [-0.39, 0.29) is 16.8 Å². The number of nitrogens with one attached hydrogen (secondary N) is 1. The molecule has 3 rings (SSSR count). The van der Waals surface area contributed by atoms with Gasteiger partial charge in [0.15, 0.2) is 9.84 Å². The largest absolute Gasteiger partial charge is 0.349 e. The van der Waals surface area contributed by atoms with Gasteiger partial charge in [0.05, 0.1) is 16.4 Å². The molecule has 2 aromatic carbocycles. The molecule has 1 unspecified atom stereocenters. The maximum Gasteiger partial charge on any atom is 0.231 e. The molecule has 2 aromatic rings. The molecule has 5 heteroatoms. The average molecular weight is 372 g/mol. The summed E-state index contributed by atoms with van der Waals surface area (Å²) in [7, 11) is -3.21. The van der Waals surface area contributed by atoms with E-state index in [4.69, 9.17) is 0 Å². The topological polar surface area (TPSA) is 63.2 Å². The minimum absolute atomic E-state index is 0.0564. The Balaban J connectivity index is 1.80. The number of hydrogen-bond donors (Lipinski definition) is 1. The molecule has 4 nitrogen and oxygen atoms in total. The molecule has 0 heterocycles. The minimum atomic E-state index is -3.21. The van der Waals surface area contributed by atoms with Gasteiger partial charge in [0, 0.05) is 6.26 Å². The fourth-order valence-electron chi connectivity index (χ4n) is 3.80. The fourth-order valence-corrected chi connectivity index (χ4v) is 4.43. The molecule has 0 bridgehead atoms. The minimum Gasteiger partial charge on any atom is -0.349 e. The second-order valence-electron chi connectivity index (χ2n) is 7.19. The number of amides is 1. The zero-order chi connectivity index (χ0) is 18.8. The summed E-state index contributed by atoms with van der Waals surface area (Å²) in [5.74, 6) is 0.0564. The van der Waals surface area contributed by atoms with Gasteiger partial charge in [-0.1, -0.05) is 55.3 Å². The van der Waals surface area contributed by atoms with Crippen molar-refractivity contribution in [3.8, 4) is 0 Å². The van der Waals surface area contributed by atoms with Crippen LogP contribution in [0.1, 0.15) is 49.8 Å². The van der Waals surface area contributed by atoms with Gasteiger partial charge in [-0.25, -0.2) is 8.42 Å². The summed E-state index contributed by atoms with van der Waals surface area (Å²) in [6, 6.07) is 16.6. The molecule has 0 saturated heterocycles. The molecular formula is C21H25NO3S.